The Morgan fingerprint density at radius 3 is 2.89 bits per heavy atom. The summed E-state index contributed by atoms with van der Waals surface area (Å²) in [6, 6.07) is 7.49. The van der Waals surface area contributed by atoms with E-state index < -0.39 is 5.97 Å². The van der Waals surface area contributed by atoms with E-state index >= 15 is 0 Å². The van der Waals surface area contributed by atoms with Gasteiger partial charge in [-0.3, -0.25) is 9.69 Å². The zero-order valence-electron chi connectivity index (χ0n) is 11.2. The van der Waals surface area contributed by atoms with Crippen LogP contribution >= 0.6 is 0 Å². The smallest absolute Gasteiger partial charge is 0.303 e. The normalized spacial score (nSPS) is 22.1. The van der Waals surface area contributed by atoms with Gasteiger partial charge in [0, 0.05) is 24.6 Å². The SMILES string of the molecule is CC(c1ccccc1O)N1CCCC(CC(=O)O)C1. The molecule has 2 N–H and O–H groups in total. The van der Waals surface area contributed by atoms with E-state index in [9.17, 15) is 9.90 Å². The Bertz CT molecular complexity index is 447. The van der Waals surface area contributed by atoms with Crippen LogP contribution in [0.25, 0.3) is 0 Å². The van der Waals surface area contributed by atoms with Crippen molar-refractivity contribution in [1.29, 1.82) is 0 Å². The maximum absolute atomic E-state index is 10.8. The number of phenolic OH excluding ortho intramolecular Hbond substituents is 1. The third kappa shape index (κ3) is 3.47. The van der Waals surface area contributed by atoms with Gasteiger partial charge in [-0.25, -0.2) is 0 Å². The average Bonchev–Trinajstić information content (AvgIpc) is 2.38. The van der Waals surface area contributed by atoms with Crippen LogP contribution in [0.1, 0.15) is 37.8 Å². The summed E-state index contributed by atoms with van der Waals surface area (Å²) in [7, 11) is 0. The third-order valence-electron chi connectivity index (χ3n) is 3.95. The van der Waals surface area contributed by atoms with Crippen LogP contribution in [0.5, 0.6) is 5.75 Å². The van der Waals surface area contributed by atoms with Crippen LogP contribution in [0.3, 0.4) is 0 Å². The summed E-state index contributed by atoms with van der Waals surface area (Å²) in [6.45, 7) is 3.83. The van der Waals surface area contributed by atoms with Crippen LogP contribution in [0.4, 0.5) is 0 Å². The molecular weight excluding hydrogens is 242 g/mol. The van der Waals surface area contributed by atoms with E-state index in [2.05, 4.69) is 11.8 Å². The molecule has 1 aromatic rings. The maximum Gasteiger partial charge on any atom is 0.303 e. The summed E-state index contributed by atoms with van der Waals surface area (Å²) in [4.78, 5) is 13.1. The molecule has 0 aromatic heterocycles. The van der Waals surface area contributed by atoms with Gasteiger partial charge in [-0.1, -0.05) is 18.2 Å². The number of carboxylic acid groups (broad SMARTS) is 1. The van der Waals surface area contributed by atoms with Gasteiger partial charge < -0.3 is 10.2 Å². The third-order valence-corrected chi connectivity index (χ3v) is 3.95. The Morgan fingerprint density at radius 1 is 1.47 bits per heavy atom. The lowest BCUT2D eigenvalue weighted by molar-refractivity contribution is -0.138. The Labute approximate surface area is 113 Å². The molecule has 2 atom stereocenters. The minimum Gasteiger partial charge on any atom is -0.508 e. The van der Waals surface area contributed by atoms with E-state index in [0.717, 1.165) is 31.5 Å². The molecule has 0 amide bonds. The first-order valence-electron chi connectivity index (χ1n) is 6.81. The second-order valence-electron chi connectivity index (χ2n) is 5.34. The number of nitrogens with zero attached hydrogens (tertiary/aromatic N) is 1. The number of carboxylic acids is 1. The summed E-state index contributed by atoms with van der Waals surface area (Å²) in [5, 5.41) is 18.8. The summed E-state index contributed by atoms with van der Waals surface area (Å²) in [6.07, 6.45) is 2.25. The molecule has 2 unspecified atom stereocenters. The number of piperidine rings is 1. The number of hydrogen-bond donors (Lipinski definition) is 2. The van der Waals surface area contributed by atoms with E-state index in [0.29, 0.717) is 5.75 Å². The zero-order valence-corrected chi connectivity index (χ0v) is 11.2. The van der Waals surface area contributed by atoms with Crippen molar-refractivity contribution in [2.24, 2.45) is 5.92 Å². The van der Waals surface area contributed by atoms with Crippen molar-refractivity contribution in [2.45, 2.75) is 32.2 Å². The van der Waals surface area contributed by atoms with Gasteiger partial charge in [0.25, 0.3) is 0 Å². The maximum atomic E-state index is 10.8. The Morgan fingerprint density at radius 2 is 2.21 bits per heavy atom. The van der Waals surface area contributed by atoms with Crippen LogP contribution < -0.4 is 0 Å². The number of aliphatic carboxylic acids is 1. The fraction of sp³-hybridized carbons (Fsp3) is 0.533. The van der Waals surface area contributed by atoms with Gasteiger partial charge in [-0.05, 0) is 38.3 Å². The van der Waals surface area contributed by atoms with E-state index in [1.807, 2.05) is 18.2 Å². The number of benzene rings is 1. The Kier molecular flexibility index (Phi) is 4.43. The van der Waals surface area contributed by atoms with Crippen molar-refractivity contribution >= 4 is 5.97 Å². The first-order valence-corrected chi connectivity index (χ1v) is 6.81. The fourth-order valence-corrected chi connectivity index (χ4v) is 2.90. The molecule has 4 nitrogen and oxygen atoms in total. The molecule has 0 spiro atoms. The molecular formula is C15H21NO3. The van der Waals surface area contributed by atoms with Crippen molar-refractivity contribution < 1.29 is 15.0 Å². The lowest BCUT2D eigenvalue weighted by atomic mass is 9.92. The first-order chi connectivity index (χ1) is 9.08. The van der Waals surface area contributed by atoms with Crippen molar-refractivity contribution in [2.75, 3.05) is 13.1 Å². The summed E-state index contributed by atoms with van der Waals surface area (Å²) < 4.78 is 0. The molecule has 1 aliphatic heterocycles. The standard InChI is InChI=1S/C15H21NO3/c1-11(13-6-2-3-7-14(13)17)16-8-4-5-12(10-16)9-15(18)19/h2-3,6-7,11-12,17H,4-5,8-10H2,1H3,(H,18,19). The topological polar surface area (TPSA) is 60.8 Å². The van der Waals surface area contributed by atoms with E-state index in [1.165, 1.54) is 0 Å². The number of rotatable bonds is 4. The molecule has 1 heterocycles. The molecule has 0 bridgehead atoms. The van der Waals surface area contributed by atoms with Crippen LogP contribution in [-0.2, 0) is 4.79 Å². The van der Waals surface area contributed by atoms with Gasteiger partial charge >= 0.3 is 5.97 Å². The van der Waals surface area contributed by atoms with Gasteiger partial charge in [0.15, 0.2) is 0 Å². The minimum atomic E-state index is -0.720. The van der Waals surface area contributed by atoms with Gasteiger partial charge in [-0.2, -0.15) is 0 Å². The number of carbonyl (C=O) groups is 1. The number of hydrogen-bond acceptors (Lipinski definition) is 3. The highest BCUT2D eigenvalue weighted by molar-refractivity contribution is 5.67. The summed E-state index contributed by atoms with van der Waals surface area (Å²) in [5.74, 6) is -0.183. The van der Waals surface area contributed by atoms with E-state index in [1.54, 1.807) is 6.07 Å². The largest absolute Gasteiger partial charge is 0.508 e. The minimum absolute atomic E-state index is 0.123. The van der Waals surface area contributed by atoms with Gasteiger partial charge in [-0.15, -0.1) is 0 Å². The van der Waals surface area contributed by atoms with Crippen LogP contribution in [0.2, 0.25) is 0 Å². The second kappa shape index (κ2) is 6.06. The molecule has 0 aliphatic carbocycles. The van der Waals surface area contributed by atoms with Crippen molar-refractivity contribution in [3.05, 3.63) is 29.8 Å². The van der Waals surface area contributed by atoms with Gasteiger partial charge in [0.1, 0.15) is 5.75 Å². The second-order valence-corrected chi connectivity index (χ2v) is 5.34. The quantitative estimate of drug-likeness (QED) is 0.876. The highest BCUT2D eigenvalue weighted by Gasteiger charge is 2.26. The molecule has 2 rings (SSSR count). The fourth-order valence-electron chi connectivity index (χ4n) is 2.90. The predicted molar refractivity (Wildman–Crippen MR) is 73.1 cm³/mol. The van der Waals surface area contributed by atoms with E-state index in [-0.39, 0.29) is 18.4 Å². The highest BCUT2D eigenvalue weighted by atomic mass is 16.4. The highest BCUT2D eigenvalue weighted by Crippen LogP contribution is 2.31. The van der Waals surface area contributed by atoms with Crippen LogP contribution in [-0.4, -0.2) is 34.2 Å². The summed E-state index contributed by atoms with van der Waals surface area (Å²) in [5.41, 5.74) is 0.915. The van der Waals surface area contributed by atoms with Gasteiger partial charge in [0.05, 0.1) is 0 Å². The van der Waals surface area contributed by atoms with Crippen LogP contribution in [0.15, 0.2) is 24.3 Å². The molecule has 104 valence electrons. The van der Waals surface area contributed by atoms with Crippen molar-refractivity contribution in [3.8, 4) is 5.75 Å². The molecule has 4 heteroatoms. The number of para-hydroxylation sites is 1. The number of likely N-dealkylation sites (tertiary alicyclic amines) is 1. The van der Waals surface area contributed by atoms with Crippen molar-refractivity contribution in [3.63, 3.8) is 0 Å². The molecule has 19 heavy (non-hydrogen) atoms. The molecule has 0 radical (unpaired) electrons. The monoisotopic (exact) mass is 263 g/mol. The lowest BCUT2D eigenvalue weighted by Crippen LogP contribution is -2.38. The first kappa shape index (κ1) is 13.9. The molecule has 0 saturated carbocycles. The lowest BCUT2D eigenvalue weighted by Gasteiger charge is -2.36. The zero-order chi connectivity index (χ0) is 13.8. The Balaban J connectivity index is 2.05. The molecule has 1 fully saturated rings. The number of aromatic hydroxyl groups is 1. The average molecular weight is 263 g/mol. The predicted octanol–water partition coefficient (Wildman–Crippen LogP) is 2.64. The van der Waals surface area contributed by atoms with E-state index in [4.69, 9.17) is 5.11 Å². The number of phenols is 1. The molecule has 1 saturated heterocycles. The summed E-state index contributed by atoms with van der Waals surface area (Å²) >= 11 is 0. The molecule has 1 aliphatic rings. The Hall–Kier alpha value is -1.55. The van der Waals surface area contributed by atoms with Gasteiger partial charge in [0.2, 0.25) is 0 Å². The molecule has 1 aromatic carbocycles. The van der Waals surface area contributed by atoms with Crippen molar-refractivity contribution in [1.82, 2.24) is 4.90 Å². The van der Waals surface area contributed by atoms with Crippen LogP contribution in [0, 0.1) is 5.92 Å².